The lowest BCUT2D eigenvalue weighted by Crippen LogP contribution is -2.45. The average molecular weight is 304 g/mol. The number of benzene rings is 1. The lowest BCUT2D eigenvalue weighted by Gasteiger charge is -2.26. The maximum Gasteiger partial charge on any atom is 0.446 e. The Morgan fingerprint density at radius 1 is 1.10 bits per heavy atom. The number of carbonyl (C=O) groups excluding carboxylic acids is 1. The quantitative estimate of drug-likeness (QED) is 0.868. The van der Waals surface area contributed by atoms with Gasteiger partial charge in [0.1, 0.15) is 0 Å². The molecule has 0 aliphatic carbocycles. The van der Waals surface area contributed by atoms with Gasteiger partial charge in [0.2, 0.25) is 0 Å². The Balaban J connectivity index is 1.93. The highest BCUT2D eigenvalue weighted by atomic mass is 32.2. The van der Waals surface area contributed by atoms with Crippen molar-refractivity contribution in [3.05, 3.63) is 29.8 Å². The van der Waals surface area contributed by atoms with E-state index in [2.05, 4.69) is 5.43 Å². The van der Waals surface area contributed by atoms with Gasteiger partial charge in [-0.25, -0.2) is 5.01 Å². The van der Waals surface area contributed by atoms with Crippen LogP contribution < -0.4 is 5.43 Å². The largest absolute Gasteiger partial charge is 0.446 e. The Hall–Kier alpha value is -1.21. The van der Waals surface area contributed by atoms with Gasteiger partial charge < -0.3 is 0 Å². The number of hydrogen-bond donors (Lipinski definition) is 1. The summed E-state index contributed by atoms with van der Waals surface area (Å²) < 4.78 is 36.6. The van der Waals surface area contributed by atoms with Crippen LogP contribution in [0.25, 0.3) is 0 Å². The van der Waals surface area contributed by atoms with Gasteiger partial charge in [0.25, 0.3) is 5.91 Å². The Kier molecular flexibility index (Phi) is 4.93. The number of piperidine rings is 1. The van der Waals surface area contributed by atoms with E-state index in [-0.39, 0.29) is 22.6 Å². The fourth-order valence-electron chi connectivity index (χ4n) is 2.02. The van der Waals surface area contributed by atoms with Gasteiger partial charge in [-0.3, -0.25) is 10.2 Å². The fraction of sp³-hybridized carbons (Fsp3) is 0.462. The number of rotatable bonds is 3. The highest BCUT2D eigenvalue weighted by molar-refractivity contribution is 8.00. The van der Waals surface area contributed by atoms with E-state index < -0.39 is 5.51 Å². The van der Waals surface area contributed by atoms with Gasteiger partial charge in [0, 0.05) is 23.5 Å². The molecule has 0 unspecified atom stereocenters. The number of hydrogen-bond acceptors (Lipinski definition) is 3. The van der Waals surface area contributed by atoms with E-state index in [0.29, 0.717) is 5.56 Å². The predicted molar refractivity (Wildman–Crippen MR) is 71.2 cm³/mol. The Morgan fingerprint density at radius 2 is 1.70 bits per heavy atom. The van der Waals surface area contributed by atoms with E-state index in [1.807, 2.05) is 5.01 Å². The van der Waals surface area contributed by atoms with Crippen LogP contribution >= 0.6 is 11.8 Å². The molecule has 1 aromatic carbocycles. The van der Waals surface area contributed by atoms with Crippen LogP contribution in [0.15, 0.2) is 29.2 Å². The molecule has 1 aromatic rings. The molecule has 0 atom stereocenters. The summed E-state index contributed by atoms with van der Waals surface area (Å²) in [5.74, 6) is -0.282. The Bertz CT molecular complexity index is 456. The molecule has 20 heavy (non-hydrogen) atoms. The summed E-state index contributed by atoms with van der Waals surface area (Å²) in [6, 6.07) is 5.44. The van der Waals surface area contributed by atoms with Crippen LogP contribution in [-0.4, -0.2) is 29.5 Å². The number of carbonyl (C=O) groups is 1. The summed E-state index contributed by atoms with van der Waals surface area (Å²) in [5, 5.41) is 1.85. The predicted octanol–water partition coefficient (Wildman–Crippen LogP) is 3.43. The molecule has 1 aliphatic rings. The lowest BCUT2D eigenvalue weighted by atomic mass is 10.1. The zero-order valence-corrected chi connectivity index (χ0v) is 11.6. The van der Waals surface area contributed by atoms with Crippen LogP contribution in [-0.2, 0) is 0 Å². The van der Waals surface area contributed by atoms with Crippen molar-refractivity contribution in [1.29, 1.82) is 0 Å². The van der Waals surface area contributed by atoms with Crippen molar-refractivity contribution < 1.29 is 18.0 Å². The number of halogens is 3. The molecular formula is C13H15F3N2OS. The van der Waals surface area contributed by atoms with Crippen molar-refractivity contribution in [2.24, 2.45) is 0 Å². The van der Waals surface area contributed by atoms with E-state index in [4.69, 9.17) is 0 Å². The Labute approximate surface area is 119 Å². The molecule has 1 fully saturated rings. The minimum absolute atomic E-state index is 0.0759. The van der Waals surface area contributed by atoms with Gasteiger partial charge in [-0.15, -0.1) is 0 Å². The number of thioether (sulfide) groups is 1. The number of nitrogens with one attached hydrogen (secondary N) is 1. The molecule has 2 rings (SSSR count). The van der Waals surface area contributed by atoms with E-state index in [1.165, 1.54) is 24.3 Å². The van der Waals surface area contributed by atoms with Crippen molar-refractivity contribution in [2.75, 3.05) is 13.1 Å². The molecule has 1 aliphatic heterocycles. The molecule has 1 heterocycles. The maximum absolute atomic E-state index is 12.2. The number of hydrazine groups is 1. The van der Waals surface area contributed by atoms with Crippen LogP contribution in [0.2, 0.25) is 0 Å². The zero-order chi connectivity index (χ0) is 14.6. The first-order chi connectivity index (χ1) is 9.44. The maximum atomic E-state index is 12.2. The van der Waals surface area contributed by atoms with E-state index >= 15 is 0 Å². The van der Waals surface area contributed by atoms with E-state index in [9.17, 15) is 18.0 Å². The molecule has 3 nitrogen and oxygen atoms in total. The molecule has 1 saturated heterocycles. The molecule has 7 heteroatoms. The molecule has 0 aromatic heterocycles. The highest BCUT2D eigenvalue weighted by Crippen LogP contribution is 2.36. The van der Waals surface area contributed by atoms with Crippen molar-refractivity contribution in [3.8, 4) is 0 Å². The summed E-state index contributed by atoms with van der Waals surface area (Å²) in [4.78, 5) is 12.0. The SMILES string of the molecule is O=C(NN1CCCCC1)c1ccc(SC(F)(F)F)cc1. The van der Waals surface area contributed by atoms with Crippen molar-refractivity contribution in [1.82, 2.24) is 10.4 Å². The van der Waals surface area contributed by atoms with Gasteiger partial charge >= 0.3 is 5.51 Å². The Morgan fingerprint density at radius 3 is 2.25 bits per heavy atom. The summed E-state index contributed by atoms with van der Waals surface area (Å²) in [6.45, 7) is 1.63. The second-order valence-electron chi connectivity index (χ2n) is 4.56. The van der Waals surface area contributed by atoms with Gasteiger partial charge in [-0.05, 0) is 48.9 Å². The first-order valence-corrected chi connectivity index (χ1v) is 7.17. The van der Waals surface area contributed by atoms with Crippen molar-refractivity contribution >= 4 is 17.7 Å². The van der Waals surface area contributed by atoms with Crippen LogP contribution in [0.5, 0.6) is 0 Å². The van der Waals surface area contributed by atoms with Gasteiger partial charge in [0.05, 0.1) is 0 Å². The topological polar surface area (TPSA) is 32.3 Å². The standard InChI is InChI=1S/C13H15F3N2OS/c14-13(15,16)20-11-6-4-10(5-7-11)12(19)17-18-8-2-1-3-9-18/h4-7H,1-3,8-9H2,(H,17,19). The van der Waals surface area contributed by atoms with Crippen LogP contribution in [0.4, 0.5) is 13.2 Å². The second kappa shape index (κ2) is 6.49. The summed E-state index contributed by atoms with van der Waals surface area (Å²) in [5.41, 5.74) is -1.18. The number of alkyl halides is 3. The average Bonchev–Trinajstić information content (AvgIpc) is 2.39. The zero-order valence-electron chi connectivity index (χ0n) is 10.7. The van der Waals surface area contributed by atoms with Crippen molar-refractivity contribution in [3.63, 3.8) is 0 Å². The third-order valence-electron chi connectivity index (χ3n) is 2.97. The molecule has 110 valence electrons. The van der Waals surface area contributed by atoms with Gasteiger partial charge in [0.15, 0.2) is 0 Å². The van der Waals surface area contributed by atoms with E-state index in [0.717, 1.165) is 32.4 Å². The van der Waals surface area contributed by atoms with Crippen LogP contribution in [0, 0.1) is 0 Å². The summed E-state index contributed by atoms with van der Waals surface area (Å²) in [6.07, 6.45) is 3.25. The third kappa shape index (κ3) is 4.72. The summed E-state index contributed by atoms with van der Waals surface area (Å²) >= 11 is -0.185. The minimum atomic E-state index is -4.31. The second-order valence-corrected chi connectivity index (χ2v) is 5.70. The first kappa shape index (κ1) is 15.2. The van der Waals surface area contributed by atoms with Crippen LogP contribution in [0.3, 0.4) is 0 Å². The molecule has 0 bridgehead atoms. The minimum Gasteiger partial charge on any atom is -0.285 e. The monoisotopic (exact) mass is 304 g/mol. The smallest absolute Gasteiger partial charge is 0.285 e. The van der Waals surface area contributed by atoms with E-state index in [1.54, 1.807) is 0 Å². The first-order valence-electron chi connectivity index (χ1n) is 6.36. The highest BCUT2D eigenvalue weighted by Gasteiger charge is 2.29. The number of nitrogens with zero attached hydrogens (tertiary/aromatic N) is 1. The third-order valence-corrected chi connectivity index (χ3v) is 3.71. The van der Waals surface area contributed by atoms with Gasteiger partial charge in [-0.2, -0.15) is 13.2 Å². The molecule has 1 N–H and O–H groups in total. The fourth-order valence-corrected chi connectivity index (χ4v) is 2.56. The molecule has 0 spiro atoms. The molecule has 0 saturated carbocycles. The number of amides is 1. The molecular weight excluding hydrogens is 289 g/mol. The summed E-state index contributed by atoms with van der Waals surface area (Å²) in [7, 11) is 0. The lowest BCUT2D eigenvalue weighted by molar-refractivity contribution is -0.0328. The van der Waals surface area contributed by atoms with Crippen LogP contribution in [0.1, 0.15) is 29.6 Å². The molecule has 1 amide bonds. The normalized spacial score (nSPS) is 16.9. The van der Waals surface area contributed by atoms with Gasteiger partial charge in [-0.1, -0.05) is 6.42 Å². The van der Waals surface area contributed by atoms with Crippen molar-refractivity contribution in [2.45, 2.75) is 29.7 Å². The molecule has 0 radical (unpaired) electrons.